The zero-order valence-corrected chi connectivity index (χ0v) is 14.1. The van der Waals surface area contributed by atoms with Gasteiger partial charge in [-0.2, -0.15) is 0 Å². The molecule has 0 saturated carbocycles. The van der Waals surface area contributed by atoms with E-state index in [0.717, 1.165) is 0 Å². The monoisotopic (exact) mass is 345 g/mol. The van der Waals surface area contributed by atoms with Crippen LogP contribution in [-0.4, -0.2) is 30.1 Å². The van der Waals surface area contributed by atoms with Crippen LogP contribution in [0, 0.1) is 19.7 Å². The molecule has 2 aromatic rings. The number of ether oxygens (including phenoxy) is 1. The predicted octanol–water partition coefficient (Wildman–Crippen LogP) is 2.88. The Hall–Kier alpha value is -2.89. The van der Waals surface area contributed by atoms with Crippen LogP contribution < -0.4 is 10.1 Å². The lowest BCUT2D eigenvalue weighted by Crippen LogP contribution is -2.26. The lowest BCUT2D eigenvalue weighted by molar-refractivity contribution is -0.139. The van der Waals surface area contributed by atoms with E-state index >= 15 is 0 Å². The van der Waals surface area contributed by atoms with Gasteiger partial charge >= 0.3 is 5.97 Å². The van der Waals surface area contributed by atoms with Crippen molar-refractivity contribution < 1.29 is 23.8 Å². The number of aliphatic carboxylic acids is 1. The van der Waals surface area contributed by atoms with Crippen molar-refractivity contribution in [2.45, 2.75) is 20.3 Å². The second-order valence-electron chi connectivity index (χ2n) is 5.72. The Labute approximate surface area is 145 Å². The van der Waals surface area contributed by atoms with Gasteiger partial charge in [0.25, 0.3) is 5.91 Å². The van der Waals surface area contributed by atoms with E-state index in [-0.39, 0.29) is 11.7 Å². The van der Waals surface area contributed by atoms with Crippen LogP contribution in [0.3, 0.4) is 0 Å². The first kappa shape index (κ1) is 18.4. The zero-order valence-electron chi connectivity index (χ0n) is 14.1. The summed E-state index contributed by atoms with van der Waals surface area (Å²) in [6.07, 6.45) is 0.399. The minimum Gasteiger partial charge on any atom is -0.481 e. The summed E-state index contributed by atoms with van der Waals surface area (Å²) < 4.78 is 18.8. The molecule has 25 heavy (non-hydrogen) atoms. The van der Waals surface area contributed by atoms with Gasteiger partial charge in [0.2, 0.25) is 0 Å². The van der Waals surface area contributed by atoms with Crippen molar-refractivity contribution >= 4 is 11.9 Å². The summed E-state index contributed by atoms with van der Waals surface area (Å²) in [7, 11) is 0. The molecule has 0 bridgehead atoms. The second kappa shape index (κ2) is 8.28. The number of carboxylic acid groups (broad SMARTS) is 1. The van der Waals surface area contributed by atoms with Crippen LogP contribution in [0.4, 0.5) is 4.39 Å². The van der Waals surface area contributed by atoms with E-state index in [1.165, 1.54) is 6.07 Å². The first-order valence-corrected chi connectivity index (χ1v) is 7.86. The van der Waals surface area contributed by atoms with Gasteiger partial charge in [0.05, 0.1) is 0 Å². The minimum atomic E-state index is -1.06. The van der Waals surface area contributed by atoms with Crippen LogP contribution in [0.2, 0.25) is 0 Å². The number of aryl methyl sites for hydroxylation is 2. The summed E-state index contributed by atoms with van der Waals surface area (Å²) >= 11 is 0. The lowest BCUT2D eigenvalue weighted by atomic mass is 10.0. The number of halogens is 1. The fraction of sp³-hybridized carbons (Fsp3) is 0.263. The standard InChI is InChI=1S/C19H20FNO4/c1-12-9-15(10-13(2)18(12)25-11-17(22)23)19(24)21-8-7-14-5-3-4-6-16(14)20/h3-6,9-10H,7-8,11H2,1-2H3,(H,21,24)(H,22,23). The van der Waals surface area contributed by atoms with E-state index in [1.54, 1.807) is 44.2 Å². The number of benzene rings is 2. The highest BCUT2D eigenvalue weighted by molar-refractivity contribution is 5.94. The van der Waals surface area contributed by atoms with Crippen molar-refractivity contribution in [3.05, 3.63) is 64.5 Å². The quantitative estimate of drug-likeness (QED) is 0.809. The van der Waals surface area contributed by atoms with Gasteiger partial charge in [-0.15, -0.1) is 0 Å². The van der Waals surface area contributed by atoms with Gasteiger partial charge in [-0.25, -0.2) is 9.18 Å². The van der Waals surface area contributed by atoms with Crippen LogP contribution in [0.25, 0.3) is 0 Å². The van der Waals surface area contributed by atoms with Crippen molar-refractivity contribution in [2.75, 3.05) is 13.2 Å². The van der Waals surface area contributed by atoms with E-state index in [9.17, 15) is 14.0 Å². The van der Waals surface area contributed by atoms with Gasteiger partial charge in [0, 0.05) is 12.1 Å². The molecule has 0 heterocycles. The molecule has 0 atom stereocenters. The normalized spacial score (nSPS) is 10.4. The summed E-state index contributed by atoms with van der Waals surface area (Å²) in [5.41, 5.74) is 2.36. The van der Waals surface area contributed by atoms with Gasteiger partial charge in [0.15, 0.2) is 6.61 Å². The number of amides is 1. The fourth-order valence-corrected chi connectivity index (χ4v) is 2.56. The molecule has 2 N–H and O–H groups in total. The third kappa shape index (κ3) is 5.04. The molecule has 0 spiro atoms. The molecule has 1 amide bonds. The molecular formula is C19H20FNO4. The number of carbonyl (C=O) groups excluding carboxylic acids is 1. The molecule has 0 unspecified atom stereocenters. The summed E-state index contributed by atoms with van der Waals surface area (Å²) in [5, 5.41) is 11.5. The smallest absolute Gasteiger partial charge is 0.341 e. The van der Waals surface area contributed by atoms with Crippen molar-refractivity contribution in [3.63, 3.8) is 0 Å². The second-order valence-corrected chi connectivity index (χ2v) is 5.72. The third-order valence-electron chi connectivity index (χ3n) is 3.70. The maximum atomic E-state index is 13.5. The number of hydrogen-bond acceptors (Lipinski definition) is 3. The Kier molecular flexibility index (Phi) is 6.11. The third-order valence-corrected chi connectivity index (χ3v) is 3.70. The number of nitrogens with one attached hydrogen (secondary N) is 1. The maximum Gasteiger partial charge on any atom is 0.341 e. The topological polar surface area (TPSA) is 75.6 Å². The summed E-state index contributed by atoms with van der Waals surface area (Å²) in [6.45, 7) is 3.38. The summed E-state index contributed by atoms with van der Waals surface area (Å²) in [5.74, 6) is -1.16. The number of hydrogen-bond donors (Lipinski definition) is 2. The van der Waals surface area contributed by atoms with Gasteiger partial charge in [-0.05, 0) is 55.2 Å². The first-order valence-electron chi connectivity index (χ1n) is 7.86. The largest absolute Gasteiger partial charge is 0.481 e. The molecule has 0 aliphatic carbocycles. The highest BCUT2D eigenvalue weighted by Crippen LogP contribution is 2.24. The van der Waals surface area contributed by atoms with Crippen molar-refractivity contribution in [2.24, 2.45) is 0 Å². The predicted molar refractivity (Wildman–Crippen MR) is 91.5 cm³/mol. The molecule has 0 radical (unpaired) electrons. The molecule has 5 nitrogen and oxygen atoms in total. The van der Waals surface area contributed by atoms with Crippen molar-refractivity contribution in [3.8, 4) is 5.75 Å². The molecule has 2 rings (SSSR count). The van der Waals surface area contributed by atoms with Crippen LogP contribution in [0.15, 0.2) is 36.4 Å². The van der Waals surface area contributed by atoms with Crippen molar-refractivity contribution in [1.82, 2.24) is 5.32 Å². The number of rotatable bonds is 7. The van der Waals surface area contributed by atoms with Crippen molar-refractivity contribution in [1.29, 1.82) is 0 Å². The SMILES string of the molecule is Cc1cc(C(=O)NCCc2ccccc2F)cc(C)c1OCC(=O)O. The highest BCUT2D eigenvalue weighted by atomic mass is 19.1. The van der Waals surface area contributed by atoms with Crippen LogP contribution in [0.5, 0.6) is 5.75 Å². The van der Waals surface area contributed by atoms with E-state index in [2.05, 4.69) is 5.32 Å². The lowest BCUT2D eigenvalue weighted by Gasteiger charge is -2.13. The summed E-state index contributed by atoms with van der Waals surface area (Å²) in [6, 6.07) is 9.73. The Bertz CT molecular complexity index is 766. The van der Waals surface area contributed by atoms with Gasteiger partial charge in [0.1, 0.15) is 11.6 Å². The molecule has 0 aromatic heterocycles. The molecule has 0 aliphatic rings. The maximum absolute atomic E-state index is 13.5. The molecular weight excluding hydrogens is 325 g/mol. The van der Waals surface area contributed by atoms with E-state index in [1.807, 2.05) is 0 Å². The van der Waals surface area contributed by atoms with E-state index in [0.29, 0.717) is 41.0 Å². The Balaban J connectivity index is 1.99. The van der Waals surface area contributed by atoms with Crippen LogP contribution >= 0.6 is 0 Å². The zero-order chi connectivity index (χ0) is 18.4. The summed E-state index contributed by atoms with van der Waals surface area (Å²) in [4.78, 5) is 22.9. The molecule has 0 aliphatic heterocycles. The molecule has 0 fully saturated rings. The average molecular weight is 345 g/mol. The number of carboxylic acids is 1. The first-order chi connectivity index (χ1) is 11.9. The molecule has 0 saturated heterocycles. The van der Waals surface area contributed by atoms with Gasteiger partial charge in [-0.1, -0.05) is 18.2 Å². The Morgan fingerprint density at radius 2 is 1.80 bits per heavy atom. The van der Waals surface area contributed by atoms with E-state index in [4.69, 9.17) is 9.84 Å². The Morgan fingerprint density at radius 3 is 2.40 bits per heavy atom. The molecule has 2 aromatic carbocycles. The van der Waals surface area contributed by atoms with E-state index < -0.39 is 12.6 Å². The molecule has 132 valence electrons. The highest BCUT2D eigenvalue weighted by Gasteiger charge is 2.13. The minimum absolute atomic E-state index is 0.271. The Morgan fingerprint density at radius 1 is 1.16 bits per heavy atom. The van der Waals surface area contributed by atoms with Gasteiger partial charge in [-0.3, -0.25) is 4.79 Å². The molecule has 6 heteroatoms. The van der Waals surface area contributed by atoms with Crippen LogP contribution in [-0.2, 0) is 11.2 Å². The van der Waals surface area contributed by atoms with Crippen LogP contribution in [0.1, 0.15) is 27.0 Å². The average Bonchev–Trinajstić information content (AvgIpc) is 2.55. The van der Waals surface area contributed by atoms with Gasteiger partial charge < -0.3 is 15.2 Å². The fourth-order valence-electron chi connectivity index (χ4n) is 2.56. The number of carbonyl (C=O) groups is 2.